The van der Waals surface area contributed by atoms with E-state index >= 15 is 0 Å². The average Bonchev–Trinajstić information content (AvgIpc) is 3.68. The van der Waals surface area contributed by atoms with Crippen LogP contribution in [0.4, 0.5) is 0 Å². The molecular weight excluding hydrogens is 1040 g/mol. The summed E-state index contributed by atoms with van der Waals surface area (Å²) < 4.78 is 11.2. The predicted octanol–water partition coefficient (Wildman–Crippen LogP) is 17.4. The molecule has 9 atom stereocenters. The van der Waals surface area contributed by atoms with Crippen molar-refractivity contribution in [3.63, 3.8) is 0 Å². The van der Waals surface area contributed by atoms with Crippen LogP contribution < -0.4 is 5.32 Å². The Morgan fingerprint density at radius 1 is 0.410 bits per heavy atom. The Labute approximate surface area is 511 Å². The predicted molar refractivity (Wildman–Crippen MR) is 349 cm³/mol. The van der Waals surface area contributed by atoms with Crippen LogP contribution in [0.5, 0.6) is 0 Å². The maximum Gasteiger partial charge on any atom is 0.249 e. The summed E-state index contributed by atoms with van der Waals surface area (Å²) in [5, 5.41) is 76.5. The number of carbonyl (C=O) groups is 1. The molecule has 1 fully saturated rings. The number of rotatable bonds is 63. The maximum atomic E-state index is 13.3. The van der Waals surface area contributed by atoms with E-state index in [2.05, 4.69) is 55.6 Å². The summed E-state index contributed by atoms with van der Waals surface area (Å²) in [5.41, 5.74) is 0. The number of unbranched alkanes of at least 4 members (excludes halogenated alkanes) is 45. The van der Waals surface area contributed by atoms with Gasteiger partial charge >= 0.3 is 0 Å². The van der Waals surface area contributed by atoms with E-state index in [0.29, 0.717) is 19.3 Å². The number of aliphatic hydroxyl groups excluding tert-OH is 7. The number of nitrogens with one attached hydrogen (secondary N) is 1. The normalized spacial score (nSPS) is 19.2. The molecule has 1 saturated heterocycles. The fourth-order valence-corrected chi connectivity index (χ4v) is 11.6. The lowest BCUT2D eigenvalue weighted by atomic mass is 9.98. The Hall–Kier alpha value is -1.67. The molecule has 0 aromatic carbocycles. The average molecular weight is 1180 g/mol. The van der Waals surface area contributed by atoms with Gasteiger partial charge in [0.05, 0.1) is 25.4 Å². The molecule has 11 nitrogen and oxygen atoms in total. The van der Waals surface area contributed by atoms with Gasteiger partial charge in [0.25, 0.3) is 0 Å². The van der Waals surface area contributed by atoms with Gasteiger partial charge in [0.2, 0.25) is 5.91 Å². The van der Waals surface area contributed by atoms with Crippen molar-refractivity contribution in [3.8, 4) is 0 Å². The van der Waals surface area contributed by atoms with Gasteiger partial charge in [0.1, 0.15) is 36.6 Å². The van der Waals surface area contributed by atoms with Crippen molar-refractivity contribution in [1.29, 1.82) is 0 Å². The van der Waals surface area contributed by atoms with Crippen LogP contribution in [0.15, 0.2) is 36.5 Å². The second-order valence-corrected chi connectivity index (χ2v) is 25.3. The van der Waals surface area contributed by atoms with Gasteiger partial charge in [-0.3, -0.25) is 4.79 Å². The van der Waals surface area contributed by atoms with Gasteiger partial charge in [-0.25, -0.2) is 0 Å². The third-order valence-corrected chi connectivity index (χ3v) is 17.4. The quantitative estimate of drug-likeness (QED) is 0.0215. The molecule has 1 aliphatic rings. The SMILES string of the molecule is CCCCCCCCCCCCCC/C=C\CCCCCCCCCCCCCC(O)C(=O)NC(COC1OC(CO)C(O)C(O)C1O)C(O)C(O)CCC/C=C/CC/C=C/CCCCCCCCCCCCCCCCCCCCCC. The Bertz CT molecular complexity index is 1440. The zero-order chi connectivity index (χ0) is 60.3. The minimum absolute atomic E-state index is 0.247. The summed E-state index contributed by atoms with van der Waals surface area (Å²) in [5.74, 6) is -0.706. The van der Waals surface area contributed by atoms with Gasteiger partial charge in [-0.1, -0.05) is 307 Å². The molecule has 0 aliphatic carbocycles. The van der Waals surface area contributed by atoms with Crippen molar-refractivity contribution in [2.24, 2.45) is 0 Å². The molecular formula is C72H137NO10. The van der Waals surface area contributed by atoms with Crippen LogP contribution in [0.3, 0.4) is 0 Å². The Morgan fingerprint density at radius 2 is 0.723 bits per heavy atom. The van der Waals surface area contributed by atoms with Crippen molar-refractivity contribution in [3.05, 3.63) is 36.5 Å². The number of amides is 1. The Balaban J connectivity index is 2.22. The van der Waals surface area contributed by atoms with Crippen molar-refractivity contribution < 1.29 is 50.0 Å². The second kappa shape index (κ2) is 60.6. The van der Waals surface area contributed by atoms with Gasteiger partial charge < -0.3 is 50.5 Å². The molecule has 8 N–H and O–H groups in total. The van der Waals surface area contributed by atoms with Gasteiger partial charge in [-0.05, 0) is 77.0 Å². The maximum absolute atomic E-state index is 13.3. The lowest BCUT2D eigenvalue weighted by Crippen LogP contribution is -2.60. The molecule has 0 spiro atoms. The minimum atomic E-state index is -1.67. The van der Waals surface area contributed by atoms with Gasteiger partial charge in [-0.2, -0.15) is 0 Å². The summed E-state index contributed by atoms with van der Waals surface area (Å²) in [6.07, 6.45) is 66.6. The molecule has 11 heteroatoms. The number of aliphatic hydroxyl groups is 7. The van der Waals surface area contributed by atoms with E-state index in [1.165, 1.54) is 263 Å². The first-order chi connectivity index (χ1) is 40.7. The summed E-state index contributed by atoms with van der Waals surface area (Å²) in [4.78, 5) is 13.3. The van der Waals surface area contributed by atoms with Crippen molar-refractivity contribution in [2.45, 2.75) is 403 Å². The van der Waals surface area contributed by atoms with Gasteiger partial charge in [0, 0.05) is 0 Å². The number of carbonyl (C=O) groups excluding carboxylic acids is 1. The van der Waals surface area contributed by atoms with Crippen LogP contribution in [0.2, 0.25) is 0 Å². The smallest absolute Gasteiger partial charge is 0.249 e. The largest absolute Gasteiger partial charge is 0.394 e. The van der Waals surface area contributed by atoms with E-state index in [9.17, 15) is 40.5 Å². The lowest BCUT2D eigenvalue weighted by Gasteiger charge is -2.40. The zero-order valence-corrected chi connectivity index (χ0v) is 54.2. The molecule has 1 heterocycles. The van der Waals surface area contributed by atoms with Crippen LogP contribution in [-0.4, -0.2) is 110 Å². The lowest BCUT2D eigenvalue weighted by molar-refractivity contribution is -0.303. The number of allylic oxidation sites excluding steroid dienone is 6. The molecule has 9 unspecified atom stereocenters. The second-order valence-electron chi connectivity index (χ2n) is 25.3. The molecule has 0 aromatic heterocycles. The van der Waals surface area contributed by atoms with Crippen molar-refractivity contribution in [1.82, 2.24) is 5.32 Å². The first-order valence-electron chi connectivity index (χ1n) is 35.9. The molecule has 0 aromatic rings. The first-order valence-corrected chi connectivity index (χ1v) is 35.9. The van der Waals surface area contributed by atoms with E-state index in [1.807, 2.05) is 0 Å². The van der Waals surface area contributed by atoms with Crippen LogP contribution >= 0.6 is 0 Å². The molecule has 83 heavy (non-hydrogen) atoms. The van der Waals surface area contributed by atoms with E-state index in [4.69, 9.17) is 9.47 Å². The zero-order valence-electron chi connectivity index (χ0n) is 54.2. The molecule has 1 aliphatic heterocycles. The van der Waals surface area contributed by atoms with Crippen LogP contribution in [-0.2, 0) is 14.3 Å². The fourth-order valence-electron chi connectivity index (χ4n) is 11.6. The van der Waals surface area contributed by atoms with E-state index in [0.717, 1.165) is 38.5 Å². The number of hydrogen-bond acceptors (Lipinski definition) is 10. The number of hydrogen-bond donors (Lipinski definition) is 8. The Morgan fingerprint density at radius 3 is 1.07 bits per heavy atom. The van der Waals surface area contributed by atoms with Crippen LogP contribution in [0, 0.1) is 0 Å². The van der Waals surface area contributed by atoms with Gasteiger partial charge in [-0.15, -0.1) is 0 Å². The number of ether oxygens (including phenoxy) is 2. The summed E-state index contributed by atoms with van der Waals surface area (Å²) >= 11 is 0. The molecule has 1 amide bonds. The first kappa shape index (κ1) is 79.3. The third kappa shape index (κ3) is 48.0. The molecule has 1 rings (SSSR count). The van der Waals surface area contributed by atoms with Crippen molar-refractivity contribution >= 4 is 5.91 Å². The van der Waals surface area contributed by atoms with E-state index < -0.39 is 74.2 Å². The van der Waals surface area contributed by atoms with E-state index in [1.54, 1.807) is 0 Å². The highest BCUT2D eigenvalue weighted by molar-refractivity contribution is 5.80. The highest BCUT2D eigenvalue weighted by Crippen LogP contribution is 2.24. The topological polar surface area (TPSA) is 189 Å². The summed E-state index contributed by atoms with van der Waals surface area (Å²) in [6.45, 7) is 3.49. The van der Waals surface area contributed by atoms with Crippen molar-refractivity contribution in [2.75, 3.05) is 13.2 Å². The standard InChI is InChI=1S/C72H137NO10/c1-3-5-7-9-11-13-15-17-19-21-23-25-27-29-31-32-34-35-37-39-41-43-45-47-49-51-53-55-57-59-64(75)67(77)63(62-82-72-70(80)69(79)68(78)66(61-74)83-72)73-71(81)65(76)60-58-56-54-52-50-48-46-44-42-40-38-36-33-30-28-26-24-22-20-18-16-14-12-10-8-6-4-2/h30,33,43,45,51,53,63-70,72,74-80H,3-29,31-32,34-42,44,46-50,52,54-62H2,1-2H3,(H,73,81)/b33-30-,45-43+,53-51+. The molecule has 490 valence electrons. The van der Waals surface area contributed by atoms with Crippen LogP contribution in [0.25, 0.3) is 0 Å². The van der Waals surface area contributed by atoms with Gasteiger partial charge in [0.15, 0.2) is 6.29 Å². The highest BCUT2D eigenvalue weighted by Gasteiger charge is 2.44. The summed E-state index contributed by atoms with van der Waals surface area (Å²) in [7, 11) is 0. The van der Waals surface area contributed by atoms with E-state index in [-0.39, 0.29) is 12.8 Å². The molecule has 0 saturated carbocycles. The minimum Gasteiger partial charge on any atom is -0.394 e. The fraction of sp³-hybridized carbons (Fsp3) is 0.903. The van der Waals surface area contributed by atoms with Crippen LogP contribution in [0.1, 0.15) is 348 Å². The summed E-state index contributed by atoms with van der Waals surface area (Å²) in [6, 6.07) is -1.19. The third-order valence-electron chi connectivity index (χ3n) is 17.4. The Kier molecular flexibility index (Phi) is 57.9. The highest BCUT2D eigenvalue weighted by atomic mass is 16.7. The molecule has 0 bridgehead atoms. The monoisotopic (exact) mass is 1180 g/mol. The molecule has 0 radical (unpaired) electrons.